The standard InChI is InChI=1S/C6H14N.C2H5O.2ClH.Ti/c1-5(2)7-6(3)4;1-2-3;;;/h5-6H,1-4H3;2H2,1H3;2*1H;/q2*-1;;;+4/p-2. The molecule has 0 saturated carbocycles. The van der Waals surface area contributed by atoms with Crippen LogP contribution in [0.1, 0.15) is 34.6 Å². The molecule has 13 heavy (non-hydrogen) atoms. The fourth-order valence-electron chi connectivity index (χ4n) is 0.946. The first-order valence-electron chi connectivity index (χ1n) is 4.25. The fourth-order valence-corrected chi connectivity index (χ4v) is 2.04. The summed E-state index contributed by atoms with van der Waals surface area (Å²) in [5.74, 6) is 0. The second kappa shape index (κ2) is 11.3. The Bertz CT molecular complexity index is 96.1. The molecular weight excluding hydrogens is 245 g/mol. The summed E-state index contributed by atoms with van der Waals surface area (Å²) in [4.78, 5) is 0. The van der Waals surface area contributed by atoms with Crippen LogP contribution in [0.4, 0.5) is 0 Å². The minimum absolute atomic E-state index is 0. The molecule has 0 aromatic heterocycles. The Balaban J connectivity index is -0.000000500. The van der Waals surface area contributed by atoms with Crippen LogP contribution in [0.15, 0.2) is 0 Å². The third kappa shape index (κ3) is 9.52. The van der Waals surface area contributed by atoms with E-state index in [1.807, 2.05) is 0 Å². The smallest absolute Gasteiger partial charge is 1.00 e. The van der Waals surface area contributed by atoms with Gasteiger partial charge < -0.3 is 24.8 Å². The zero-order valence-electron chi connectivity index (χ0n) is 8.97. The van der Waals surface area contributed by atoms with Crippen molar-refractivity contribution in [2.75, 3.05) is 6.61 Å². The summed E-state index contributed by atoms with van der Waals surface area (Å²) in [6.45, 7) is 11.8. The molecule has 0 spiro atoms. The molecule has 0 atom stereocenters. The van der Waals surface area contributed by atoms with Gasteiger partial charge in [-0.3, -0.25) is 0 Å². The Labute approximate surface area is 104 Å². The van der Waals surface area contributed by atoms with E-state index in [1.165, 1.54) is 0 Å². The van der Waals surface area contributed by atoms with Crippen molar-refractivity contribution in [1.82, 2.24) is 3.38 Å². The molecule has 0 unspecified atom stereocenters. The zero-order chi connectivity index (χ0) is 8.85. The van der Waals surface area contributed by atoms with Crippen molar-refractivity contribution in [2.24, 2.45) is 0 Å². The van der Waals surface area contributed by atoms with Gasteiger partial charge in [0.25, 0.3) is 0 Å². The van der Waals surface area contributed by atoms with Crippen LogP contribution in [0.2, 0.25) is 0 Å². The second-order valence-electron chi connectivity index (χ2n) is 3.12. The fraction of sp³-hybridized carbons (Fsp3) is 1.00. The van der Waals surface area contributed by atoms with E-state index in [2.05, 4.69) is 38.0 Å². The van der Waals surface area contributed by atoms with Crippen LogP contribution < -0.4 is 24.8 Å². The summed E-state index contributed by atoms with van der Waals surface area (Å²) in [6.07, 6.45) is 0. The van der Waals surface area contributed by atoms with Crippen molar-refractivity contribution in [1.29, 1.82) is 0 Å². The Kier molecular flexibility index (Phi) is 17.1. The van der Waals surface area contributed by atoms with Gasteiger partial charge in [0, 0.05) is 0 Å². The molecule has 0 saturated heterocycles. The van der Waals surface area contributed by atoms with Gasteiger partial charge in [-0.2, -0.15) is 0 Å². The molecule has 0 rings (SSSR count). The number of hydrogen-bond acceptors (Lipinski definition) is 2. The largest absolute Gasteiger partial charge is 1.00 e. The van der Waals surface area contributed by atoms with Gasteiger partial charge in [0.2, 0.25) is 0 Å². The third-order valence-electron chi connectivity index (χ3n) is 1.43. The van der Waals surface area contributed by atoms with E-state index < -0.39 is 0 Å². The molecule has 80 valence electrons. The average molecular weight is 264 g/mol. The molecule has 0 aliphatic carbocycles. The molecule has 5 heteroatoms. The average Bonchev–Trinajstić information content (AvgIpc) is 1.87. The quantitative estimate of drug-likeness (QED) is 0.470. The Morgan fingerprint density at radius 2 is 1.46 bits per heavy atom. The topological polar surface area (TPSA) is 12.5 Å². The summed E-state index contributed by atoms with van der Waals surface area (Å²) in [6, 6.07) is 1.25. The van der Waals surface area contributed by atoms with Gasteiger partial charge in [0.05, 0.1) is 0 Å². The van der Waals surface area contributed by atoms with Crippen molar-refractivity contribution in [2.45, 2.75) is 46.7 Å². The second-order valence-corrected chi connectivity index (χ2v) is 4.66. The Morgan fingerprint density at radius 1 is 1.08 bits per heavy atom. The summed E-state index contributed by atoms with van der Waals surface area (Å²) in [5.41, 5.74) is 0. The van der Waals surface area contributed by atoms with Gasteiger partial charge in [-0.25, -0.2) is 0 Å². The van der Waals surface area contributed by atoms with Crippen LogP contribution in [-0.2, 0) is 23.1 Å². The van der Waals surface area contributed by atoms with E-state index in [-0.39, 0.29) is 44.6 Å². The Hall–Kier alpha value is 1.21. The molecular formula is C8H19Cl2NOTi. The molecule has 0 aromatic carbocycles. The van der Waals surface area contributed by atoms with Crippen LogP contribution in [0.3, 0.4) is 0 Å². The molecule has 0 radical (unpaired) electrons. The first-order valence-corrected chi connectivity index (χ1v) is 5.59. The van der Waals surface area contributed by atoms with Crippen LogP contribution in [0.5, 0.6) is 0 Å². The van der Waals surface area contributed by atoms with E-state index in [4.69, 9.17) is 3.32 Å². The van der Waals surface area contributed by atoms with Gasteiger partial charge in [-0.05, 0) is 0 Å². The van der Waals surface area contributed by atoms with Gasteiger partial charge in [-0.15, -0.1) is 0 Å². The number of hydrogen-bond donors (Lipinski definition) is 0. The van der Waals surface area contributed by atoms with E-state index in [1.54, 1.807) is 0 Å². The zero-order valence-corrected chi connectivity index (χ0v) is 12.0. The van der Waals surface area contributed by atoms with Gasteiger partial charge in [-0.1, -0.05) is 0 Å². The van der Waals surface area contributed by atoms with Gasteiger partial charge in [0.15, 0.2) is 0 Å². The maximum atomic E-state index is 5.47. The van der Waals surface area contributed by atoms with Crippen molar-refractivity contribution >= 4 is 0 Å². The van der Waals surface area contributed by atoms with E-state index >= 15 is 0 Å². The van der Waals surface area contributed by atoms with Crippen molar-refractivity contribution in [3.63, 3.8) is 0 Å². The summed E-state index contributed by atoms with van der Waals surface area (Å²) < 4.78 is 7.92. The number of halogens is 2. The van der Waals surface area contributed by atoms with Gasteiger partial charge >= 0.3 is 79.8 Å². The minimum atomic E-state index is -0.317. The van der Waals surface area contributed by atoms with Crippen molar-refractivity contribution in [3.05, 3.63) is 0 Å². The predicted molar refractivity (Wildman–Crippen MR) is 43.7 cm³/mol. The summed E-state index contributed by atoms with van der Waals surface area (Å²) in [7, 11) is 0. The monoisotopic (exact) mass is 263 g/mol. The molecule has 0 bridgehead atoms. The molecule has 0 fully saturated rings. The van der Waals surface area contributed by atoms with Crippen LogP contribution in [-0.4, -0.2) is 22.1 Å². The SMILES string of the molecule is CC[O][Ti+2][N](C(C)C)C(C)C.[Cl-].[Cl-]. The third-order valence-corrected chi connectivity index (χ3v) is 4.02. The Morgan fingerprint density at radius 3 is 1.69 bits per heavy atom. The van der Waals surface area contributed by atoms with Crippen LogP contribution in [0, 0.1) is 0 Å². The number of nitrogens with zero attached hydrogens (tertiary/aromatic N) is 1. The van der Waals surface area contributed by atoms with Crippen LogP contribution >= 0.6 is 0 Å². The van der Waals surface area contributed by atoms with Gasteiger partial charge in [0.1, 0.15) is 0 Å². The summed E-state index contributed by atoms with van der Waals surface area (Å²) in [5, 5.41) is 0. The normalized spacial score (nSPS) is 9.54. The molecule has 2 nitrogen and oxygen atoms in total. The summed E-state index contributed by atoms with van der Waals surface area (Å²) >= 11 is -0.317. The molecule has 0 aliphatic rings. The first kappa shape index (κ1) is 19.7. The maximum Gasteiger partial charge on any atom is -1.00 e. The minimum Gasteiger partial charge on any atom is -1.00 e. The molecule has 0 amide bonds. The molecule has 0 N–H and O–H groups in total. The van der Waals surface area contributed by atoms with E-state index in [0.29, 0.717) is 12.1 Å². The molecule has 0 aliphatic heterocycles. The van der Waals surface area contributed by atoms with Crippen molar-refractivity contribution < 1.29 is 47.9 Å². The predicted octanol–water partition coefficient (Wildman–Crippen LogP) is -3.94. The molecule has 0 heterocycles. The molecule has 0 aromatic rings. The number of rotatable bonds is 5. The van der Waals surface area contributed by atoms with Crippen molar-refractivity contribution in [3.8, 4) is 0 Å². The van der Waals surface area contributed by atoms with E-state index in [9.17, 15) is 0 Å². The first-order chi connectivity index (χ1) is 5.09. The van der Waals surface area contributed by atoms with Crippen LogP contribution in [0.25, 0.3) is 0 Å². The maximum absolute atomic E-state index is 5.47. The van der Waals surface area contributed by atoms with E-state index in [0.717, 1.165) is 6.61 Å².